The number of aromatic nitrogens is 5. The van der Waals surface area contributed by atoms with Gasteiger partial charge < -0.3 is 10.1 Å². The zero-order valence-corrected chi connectivity index (χ0v) is 22.6. The summed E-state index contributed by atoms with van der Waals surface area (Å²) in [4.78, 5) is 54.6. The molecule has 12 nitrogen and oxygen atoms in total. The molecule has 1 aliphatic carbocycles. The number of pyridine rings is 3. The highest BCUT2D eigenvalue weighted by Gasteiger charge is 2.25. The van der Waals surface area contributed by atoms with Crippen LogP contribution < -0.4 is 21.1 Å². The Morgan fingerprint density at radius 3 is 2.56 bits per heavy atom. The number of rotatable bonds is 9. The number of Topliss-reactive ketones (excluding diaryl/α,β-unsaturated/α-hetero) is 1. The minimum atomic E-state index is -0.627. The number of hydroxylamine groups is 1. The smallest absolute Gasteiger partial charge is 0.267 e. The maximum atomic E-state index is 13.4. The molecule has 3 N–H and O–H groups in total. The van der Waals surface area contributed by atoms with Crippen LogP contribution in [0.15, 0.2) is 53.7 Å². The molecule has 4 heterocycles. The molecule has 0 radical (unpaired) electrons. The van der Waals surface area contributed by atoms with Gasteiger partial charge in [0, 0.05) is 29.9 Å². The normalized spacial score (nSPS) is 13.5. The van der Waals surface area contributed by atoms with E-state index in [-0.39, 0.29) is 35.5 Å². The van der Waals surface area contributed by atoms with E-state index in [9.17, 15) is 14.4 Å². The second-order valence-corrected chi connectivity index (χ2v) is 9.79. The highest BCUT2D eigenvalue weighted by molar-refractivity contribution is 5.99. The predicted octanol–water partition coefficient (Wildman–Crippen LogP) is 4.05. The Labute approximate surface area is 235 Å². The summed E-state index contributed by atoms with van der Waals surface area (Å²) in [5, 5.41) is 12.3. The van der Waals surface area contributed by atoms with Crippen LogP contribution in [0.25, 0.3) is 17.1 Å². The van der Waals surface area contributed by atoms with E-state index in [1.165, 1.54) is 24.6 Å². The van der Waals surface area contributed by atoms with Crippen LogP contribution in [0.2, 0.25) is 0 Å². The molecule has 0 aliphatic heterocycles. The maximum Gasteiger partial charge on any atom is 0.267 e. The Morgan fingerprint density at radius 2 is 1.90 bits per heavy atom. The quantitative estimate of drug-likeness (QED) is 0.119. The molecule has 0 aromatic carbocycles. The molecule has 1 fully saturated rings. The molecule has 210 valence electrons. The number of ether oxygens (including phenoxy) is 1. The number of hydrogen-bond acceptors (Lipinski definition) is 10. The predicted molar refractivity (Wildman–Crippen MR) is 151 cm³/mol. The molecular weight excluding hydrogens is 526 g/mol. The number of nitrogens with one attached hydrogen (secondary N) is 2. The second kappa shape index (κ2) is 12.0. The lowest BCUT2D eigenvalue weighted by Gasteiger charge is -2.19. The number of carbonyl (C=O) groups is 2. The van der Waals surface area contributed by atoms with Crippen LogP contribution in [0.4, 0.5) is 11.8 Å². The molecule has 0 saturated heterocycles. The first kappa shape index (κ1) is 27.6. The van der Waals surface area contributed by atoms with Gasteiger partial charge in [-0.2, -0.15) is 4.98 Å². The number of aryl methyl sites for hydroxylation is 1. The van der Waals surface area contributed by atoms with Gasteiger partial charge in [0.05, 0.1) is 17.5 Å². The van der Waals surface area contributed by atoms with Crippen molar-refractivity contribution in [1.82, 2.24) is 30.0 Å². The van der Waals surface area contributed by atoms with Gasteiger partial charge in [-0.05, 0) is 62.1 Å². The molecule has 12 heteroatoms. The van der Waals surface area contributed by atoms with E-state index in [2.05, 4.69) is 25.3 Å². The van der Waals surface area contributed by atoms with Gasteiger partial charge in [-0.25, -0.2) is 15.4 Å². The molecule has 1 saturated carbocycles. The fourth-order valence-corrected chi connectivity index (χ4v) is 4.95. The maximum absolute atomic E-state index is 13.4. The second-order valence-electron chi connectivity index (χ2n) is 9.79. The van der Waals surface area contributed by atoms with Gasteiger partial charge in [0.1, 0.15) is 23.8 Å². The third-order valence-electron chi connectivity index (χ3n) is 7.00. The Balaban J connectivity index is 1.30. The number of ketones is 1. The van der Waals surface area contributed by atoms with E-state index in [4.69, 9.17) is 9.94 Å². The van der Waals surface area contributed by atoms with E-state index in [1.807, 2.05) is 0 Å². The van der Waals surface area contributed by atoms with Crippen molar-refractivity contribution in [3.63, 3.8) is 0 Å². The summed E-state index contributed by atoms with van der Waals surface area (Å²) < 4.78 is 7.45. The van der Waals surface area contributed by atoms with E-state index < -0.39 is 5.91 Å². The zero-order valence-electron chi connectivity index (χ0n) is 22.6. The largest absolute Gasteiger partial charge is 0.486 e. The van der Waals surface area contributed by atoms with Crippen molar-refractivity contribution in [2.45, 2.75) is 52.2 Å². The SMILES string of the molecule is CC(=O)c1c(C)c2cnc(Nc3ccc(OCc4ccc(/C=C/C(=O)NO)cn4)cn3)nc2n(C2CCCC2)c1=O. The zero-order chi connectivity index (χ0) is 28.9. The summed E-state index contributed by atoms with van der Waals surface area (Å²) >= 11 is 0. The van der Waals surface area contributed by atoms with Crippen LogP contribution >= 0.6 is 0 Å². The van der Waals surface area contributed by atoms with Crippen LogP contribution in [-0.2, 0) is 11.4 Å². The summed E-state index contributed by atoms with van der Waals surface area (Å²) in [6, 6.07) is 7.01. The molecule has 4 aromatic heterocycles. The van der Waals surface area contributed by atoms with Crippen molar-refractivity contribution < 1.29 is 19.5 Å². The van der Waals surface area contributed by atoms with Gasteiger partial charge in [-0.1, -0.05) is 18.9 Å². The summed E-state index contributed by atoms with van der Waals surface area (Å²) in [6.45, 7) is 3.39. The first-order valence-electron chi connectivity index (χ1n) is 13.2. The highest BCUT2D eigenvalue weighted by atomic mass is 16.5. The molecule has 5 rings (SSSR count). The third kappa shape index (κ3) is 6.12. The Hall–Kier alpha value is -4.97. The number of nitrogens with zero attached hydrogens (tertiary/aromatic N) is 5. The fraction of sp³-hybridized carbons (Fsp3) is 0.276. The molecule has 1 amide bonds. The lowest BCUT2D eigenvalue weighted by atomic mass is 10.0. The van der Waals surface area contributed by atoms with E-state index in [0.29, 0.717) is 39.4 Å². The summed E-state index contributed by atoms with van der Waals surface area (Å²) in [7, 11) is 0. The van der Waals surface area contributed by atoms with Gasteiger partial charge in [-0.3, -0.25) is 29.1 Å². The first-order valence-corrected chi connectivity index (χ1v) is 13.2. The molecule has 41 heavy (non-hydrogen) atoms. The topological polar surface area (TPSA) is 161 Å². The lowest BCUT2D eigenvalue weighted by molar-refractivity contribution is -0.124. The number of carbonyl (C=O) groups excluding carboxylic acids is 2. The Bertz CT molecular complexity index is 1680. The van der Waals surface area contributed by atoms with E-state index in [1.54, 1.807) is 54.3 Å². The molecule has 4 aromatic rings. The van der Waals surface area contributed by atoms with Gasteiger partial charge in [0.15, 0.2) is 5.78 Å². The van der Waals surface area contributed by atoms with Crippen LogP contribution in [0.5, 0.6) is 5.75 Å². The molecule has 0 bridgehead atoms. The van der Waals surface area contributed by atoms with Crippen LogP contribution in [0, 0.1) is 6.92 Å². The van der Waals surface area contributed by atoms with E-state index >= 15 is 0 Å². The van der Waals surface area contributed by atoms with Crippen molar-refractivity contribution in [1.29, 1.82) is 0 Å². The van der Waals surface area contributed by atoms with Gasteiger partial charge in [0.25, 0.3) is 11.5 Å². The summed E-state index contributed by atoms with van der Waals surface area (Å²) in [5.41, 5.74) is 3.89. The van der Waals surface area contributed by atoms with Crippen molar-refractivity contribution in [3.8, 4) is 5.75 Å². The number of amides is 1. The number of fused-ring (bicyclic) bond motifs is 1. The Kier molecular flexibility index (Phi) is 8.11. The lowest BCUT2D eigenvalue weighted by Crippen LogP contribution is -2.30. The average Bonchev–Trinajstić information content (AvgIpc) is 3.50. The molecule has 0 atom stereocenters. The van der Waals surface area contributed by atoms with Crippen LogP contribution in [-0.4, -0.2) is 41.4 Å². The fourth-order valence-electron chi connectivity index (χ4n) is 4.95. The average molecular weight is 556 g/mol. The summed E-state index contributed by atoms with van der Waals surface area (Å²) in [6.07, 6.45) is 11.3. The standard InChI is InChI=1S/C29H29N7O5/c1-17-23-15-32-29(34-27(23)36(21-5-3-4-6-21)28(39)26(17)18(2)37)33-24-11-10-22(14-31-24)41-16-20-9-7-19(13-30-20)8-12-25(38)35-40/h7-15,21,40H,3-6,16H2,1-2H3,(H,35,38)(H,31,32,33,34)/b12-8+. The summed E-state index contributed by atoms with van der Waals surface area (Å²) in [5.74, 6) is 0.421. The number of anilines is 2. The van der Waals surface area contributed by atoms with Crippen molar-refractivity contribution in [2.75, 3.05) is 5.32 Å². The highest BCUT2D eigenvalue weighted by Crippen LogP contribution is 2.32. The minimum absolute atomic E-state index is 0.00377. The molecule has 0 spiro atoms. The minimum Gasteiger partial charge on any atom is -0.486 e. The van der Waals surface area contributed by atoms with Gasteiger partial charge in [-0.15, -0.1) is 0 Å². The first-order chi connectivity index (χ1) is 19.8. The van der Waals surface area contributed by atoms with E-state index in [0.717, 1.165) is 25.7 Å². The van der Waals surface area contributed by atoms with Crippen LogP contribution in [0.3, 0.4) is 0 Å². The van der Waals surface area contributed by atoms with Gasteiger partial charge >= 0.3 is 0 Å². The third-order valence-corrected chi connectivity index (χ3v) is 7.00. The van der Waals surface area contributed by atoms with Crippen molar-refractivity contribution in [3.05, 3.63) is 81.7 Å². The number of hydrogen-bond donors (Lipinski definition) is 3. The molecular formula is C29H29N7O5. The van der Waals surface area contributed by atoms with Crippen molar-refractivity contribution in [2.24, 2.45) is 0 Å². The van der Waals surface area contributed by atoms with Crippen LogP contribution in [0.1, 0.15) is 65.8 Å². The van der Waals surface area contributed by atoms with Crippen molar-refractivity contribution >= 4 is 40.6 Å². The van der Waals surface area contributed by atoms with Gasteiger partial charge in [0.2, 0.25) is 5.95 Å². The molecule has 1 aliphatic rings. The monoisotopic (exact) mass is 555 g/mol. The molecule has 0 unspecified atom stereocenters. The Morgan fingerprint density at radius 1 is 1.10 bits per heavy atom.